The first-order valence-corrected chi connectivity index (χ1v) is 6.92. The molecule has 0 aromatic heterocycles. The average molecular weight is 290 g/mol. The van der Waals surface area contributed by atoms with Crippen molar-refractivity contribution in [3.05, 3.63) is 33.9 Å². The first kappa shape index (κ1) is 17.0. The van der Waals surface area contributed by atoms with Gasteiger partial charge in [-0.05, 0) is 38.8 Å². The van der Waals surface area contributed by atoms with Crippen LogP contribution in [0.3, 0.4) is 0 Å². The summed E-state index contributed by atoms with van der Waals surface area (Å²) in [6, 6.07) is 5.03. The van der Waals surface area contributed by atoms with Crippen LogP contribution in [0.1, 0.15) is 39.2 Å². The van der Waals surface area contributed by atoms with Gasteiger partial charge in [0, 0.05) is 24.6 Å². The molecule has 0 aliphatic rings. The monoisotopic (exact) mass is 290 g/mol. The molecule has 0 spiro atoms. The Labute approximate surface area is 125 Å². The topological polar surface area (TPSA) is 64.4 Å². The lowest BCUT2D eigenvalue weighted by atomic mass is 10.1. The van der Waals surface area contributed by atoms with E-state index in [4.69, 9.17) is 11.2 Å². The van der Waals surface area contributed by atoms with Crippen LogP contribution in [0.5, 0.6) is 5.75 Å². The minimum atomic E-state index is -0.420. The van der Waals surface area contributed by atoms with E-state index in [1.54, 1.807) is 12.1 Å². The van der Waals surface area contributed by atoms with Crippen molar-refractivity contribution in [2.75, 3.05) is 6.61 Å². The van der Waals surface area contributed by atoms with Gasteiger partial charge in [0.1, 0.15) is 0 Å². The van der Waals surface area contributed by atoms with Gasteiger partial charge in [0.2, 0.25) is 0 Å². The number of nitrogens with zero attached hydrogens (tertiary/aromatic N) is 1. The van der Waals surface area contributed by atoms with Crippen LogP contribution in [0.4, 0.5) is 5.69 Å². The summed E-state index contributed by atoms with van der Waals surface area (Å²) >= 11 is 0. The van der Waals surface area contributed by atoms with Crippen LogP contribution in [-0.4, -0.2) is 17.1 Å². The number of unbranched alkanes of at least 4 members (excludes halogenated alkanes) is 1. The summed E-state index contributed by atoms with van der Waals surface area (Å²) in [5.41, 5.74) is 0.802. The highest BCUT2D eigenvalue weighted by Crippen LogP contribution is 2.28. The van der Waals surface area contributed by atoms with E-state index in [2.05, 4.69) is 11.2 Å². The fourth-order valence-electron chi connectivity index (χ4n) is 1.66. The molecule has 1 rings (SSSR count). The Morgan fingerprint density at radius 3 is 2.71 bits per heavy atom. The Balaban J connectivity index is 2.77. The van der Waals surface area contributed by atoms with Gasteiger partial charge in [-0.2, -0.15) is 0 Å². The second kappa shape index (κ2) is 7.65. The second-order valence-electron chi connectivity index (χ2n) is 5.82. The van der Waals surface area contributed by atoms with Gasteiger partial charge < -0.3 is 10.1 Å². The molecule has 21 heavy (non-hydrogen) atoms. The van der Waals surface area contributed by atoms with Crippen LogP contribution < -0.4 is 10.1 Å². The van der Waals surface area contributed by atoms with Gasteiger partial charge in [-0.1, -0.05) is 6.07 Å². The molecule has 1 aromatic rings. The molecule has 1 N–H and O–H groups in total. The fourth-order valence-corrected chi connectivity index (χ4v) is 1.66. The van der Waals surface area contributed by atoms with Gasteiger partial charge in [-0.25, -0.2) is 0 Å². The molecule has 5 nitrogen and oxygen atoms in total. The maximum atomic E-state index is 11.1. The summed E-state index contributed by atoms with van der Waals surface area (Å²) < 4.78 is 5.44. The summed E-state index contributed by atoms with van der Waals surface area (Å²) in [6.45, 7) is 7.09. The third-order valence-corrected chi connectivity index (χ3v) is 2.77. The Morgan fingerprint density at radius 2 is 2.14 bits per heavy atom. The highest BCUT2D eigenvalue weighted by atomic mass is 16.6. The summed E-state index contributed by atoms with van der Waals surface area (Å²) in [5.74, 6) is 2.80. The third kappa shape index (κ3) is 6.28. The van der Waals surface area contributed by atoms with Gasteiger partial charge in [0.25, 0.3) is 0 Å². The summed E-state index contributed by atoms with van der Waals surface area (Å²) in [7, 11) is 0. The summed E-state index contributed by atoms with van der Waals surface area (Å²) in [4.78, 5) is 10.7. The number of benzene rings is 1. The highest BCUT2D eigenvalue weighted by Gasteiger charge is 2.17. The van der Waals surface area contributed by atoms with Crippen LogP contribution in [0, 0.1) is 22.5 Å². The zero-order chi connectivity index (χ0) is 15.9. The van der Waals surface area contributed by atoms with E-state index in [9.17, 15) is 10.1 Å². The quantitative estimate of drug-likeness (QED) is 0.362. The number of terminal acetylenes is 1. The molecule has 0 radical (unpaired) electrons. The predicted octanol–water partition coefficient (Wildman–Crippen LogP) is 3.28. The van der Waals surface area contributed by atoms with Gasteiger partial charge in [0.05, 0.1) is 11.5 Å². The second-order valence-corrected chi connectivity index (χ2v) is 5.82. The molecule has 0 saturated carbocycles. The molecule has 1 aromatic carbocycles. The Morgan fingerprint density at radius 1 is 1.43 bits per heavy atom. The zero-order valence-electron chi connectivity index (χ0n) is 12.8. The van der Waals surface area contributed by atoms with E-state index < -0.39 is 4.92 Å². The average Bonchev–Trinajstić information content (AvgIpc) is 2.41. The van der Waals surface area contributed by atoms with E-state index >= 15 is 0 Å². The lowest BCUT2D eigenvalue weighted by Crippen LogP contribution is -2.35. The first-order chi connectivity index (χ1) is 9.83. The van der Waals surface area contributed by atoms with Crippen LogP contribution in [0.15, 0.2) is 18.2 Å². The molecule has 5 heteroatoms. The summed E-state index contributed by atoms with van der Waals surface area (Å²) in [6.07, 6.45) is 6.43. The largest absolute Gasteiger partial charge is 0.487 e. The molecule has 0 amide bonds. The molecule has 0 unspecified atom stereocenters. The predicted molar refractivity (Wildman–Crippen MR) is 83.3 cm³/mol. The number of ether oxygens (including phenoxy) is 1. The van der Waals surface area contributed by atoms with Gasteiger partial charge in [0.15, 0.2) is 5.75 Å². The van der Waals surface area contributed by atoms with Crippen molar-refractivity contribution in [2.24, 2.45) is 0 Å². The number of rotatable bonds is 7. The highest BCUT2D eigenvalue weighted by molar-refractivity contribution is 5.48. The van der Waals surface area contributed by atoms with E-state index in [1.807, 2.05) is 26.8 Å². The minimum absolute atomic E-state index is 0.0103. The number of nitro groups is 1. The standard InChI is InChI=1S/C16H22N2O3/c1-5-6-7-10-21-15-9-8-13(11-14(15)18(19)20)12-17-16(2,3)4/h1,8-9,11,17H,6-7,10,12H2,2-4H3. The Bertz CT molecular complexity index is 527. The van der Waals surface area contributed by atoms with E-state index in [0.29, 0.717) is 26.0 Å². The van der Waals surface area contributed by atoms with Gasteiger partial charge >= 0.3 is 5.69 Å². The van der Waals surface area contributed by atoms with Crippen molar-refractivity contribution < 1.29 is 9.66 Å². The molecular formula is C16H22N2O3. The molecular weight excluding hydrogens is 268 g/mol. The van der Waals surface area contributed by atoms with Crippen molar-refractivity contribution in [3.8, 4) is 18.1 Å². The van der Waals surface area contributed by atoms with Gasteiger partial charge in [-0.3, -0.25) is 10.1 Å². The van der Waals surface area contributed by atoms with Crippen LogP contribution >= 0.6 is 0 Å². The zero-order valence-corrected chi connectivity index (χ0v) is 12.8. The van der Waals surface area contributed by atoms with Crippen LogP contribution in [0.25, 0.3) is 0 Å². The van der Waals surface area contributed by atoms with Crippen molar-refractivity contribution in [2.45, 2.75) is 45.7 Å². The van der Waals surface area contributed by atoms with Crippen molar-refractivity contribution in [1.82, 2.24) is 5.32 Å². The normalized spacial score (nSPS) is 11.0. The number of nitro benzene ring substituents is 1. The smallest absolute Gasteiger partial charge is 0.311 e. The molecule has 0 bridgehead atoms. The molecule has 0 fully saturated rings. The van der Waals surface area contributed by atoms with Gasteiger partial charge in [-0.15, -0.1) is 12.3 Å². The van der Waals surface area contributed by atoms with Crippen molar-refractivity contribution in [3.63, 3.8) is 0 Å². The lowest BCUT2D eigenvalue weighted by molar-refractivity contribution is -0.385. The first-order valence-electron chi connectivity index (χ1n) is 6.92. The number of hydrogen-bond donors (Lipinski definition) is 1. The molecule has 0 heterocycles. The maximum absolute atomic E-state index is 11.1. The molecule has 0 saturated heterocycles. The number of hydrogen-bond acceptors (Lipinski definition) is 4. The third-order valence-electron chi connectivity index (χ3n) is 2.77. The Kier molecular flexibility index (Phi) is 6.19. The summed E-state index contributed by atoms with van der Waals surface area (Å²) in [5, 5.41) is 14.4. The van der Waals surface area contributed by atoms with Crippen LogP contribution in [-0.2, 0) is 6.54 Å². The van der Waals surface area contributed by atoms with E-state index in [0.717, 1.165) is 5.56 Å². The molecule has 0 atom stereocenters. The van der Waals surface area contributed by atoms with Crippen molar-refractivity contribution >= 4 is 5.69 Å². The SMILES string of the molecule is C#CCCCOc1ccc(CNC(C)(C)C)cc1[N+](=O)[O-]. The Hall–Kier alpha value is -2.06. The lowest BCUT2D eigenvalue weighted by Gasteiger charge is -2.20. The van der Waals surface area contributed by atoms with E-state index in [-0.39, 0.29) is 17.0 Å². The maximum Gasteiger partial charge on any atom is 0.311 e. The minimum Gasteiger partial charge on any atom is -0.487 e. The van der Waals surface area contributed by atoms with E-state index in [1.165, 1.54) is 0 Å². The molecule has 0 aliphatic heterocycles. The fraction of sp³-hybridized carbons (Fsp3) is 0.500. The molecule has 0 aliphatic carbocycles. The molecule has 114 valence electrons. The van der Waals surface area contributed by atoms with Crippen molar-refractivity contribution in [1.29, 1.82) is 0 Å². The van der Waals surface area contributed by atoms with Crippen LogP contribution in [0.2, 0.25) is 0 Å². The number of nitrogens with one attached hydrogen (secondary N) is 1.